The highest BCUT2D eigenvalue weighted by molar-refractivity contribution is 7.46. The van der Waals surface area contributed by atoms with Gasteiger partial charge in [0.25, 0.3) is 0 Å². The van der Waals surface area contributed by atoms with Crippen LogP contribution in [-0.2, 0) is 37.4 Å². The van der Waals surface area contributed by atoms with Gasteiger partial charge in [0, 0.05) is 12.8 Å². The second-order valence-electron chi connectivity index (χ2n) is 5.88. The van der Waals surface area contributed by atoms with Crippen LogP contribution in [0.2, 0.25) is 0 Å². The molecular weight excluding hydrogens is 458 g/mol. The Labute approximate surface area is 168 Å². The predicted molar refractivity (Wildman–Crippen MR) is 93.5 cm³/mol. The molecule has 0 aromatic rings. The molecule has 0 aliphatic heterocycles. The normalized spacial score (nSPS) is 15.1. The van der Waals surface area contributed by atoms with Gasteiger partial charge in [-0.2, -0.15) is 0 Å². The topological polar surface area (TPSA) is 280 Å². The number of carboxylic acids is 2. The van der Waals surface area contributed by atoms with Crippen molar-refractivity contribution in [2.45, 2.75) is 31.3 Å². The van der Waals surface area contributed by atoms with E-state index in [1.165, 1.54) is 0 Å². The zero-order valence-electron chi connectivity index (χ0n) is 15.2. The zero-order chi connectivity index (χ0) is 23.7. The average Bonchev–Trinajstić information content (AvgIpc) is 2.57. The van der Waals surface area contributed by atoms with E-state index in [0.29, 0.717) is 0 Å². The van der Waals surface area contributed by atoms with E-state index in [9.17, 15) is 28.3 Å². The minimum Gasteiger partial charge on any atom is -0.481 e. The average molecular weight is 480 g/mol. The van der Waals surface area contributed by atoms with Crippen molar-refractivity contribution < 1.29 is 67.1 Å². The van der Waals surface area contributed by atoms with Gasteiger partial charge in [-0.3, -0.25) is 28.2 Å². The molecule has 0 aliphatic carbocycles. The molecule has 16 nitrogen and oxygen atoms in total. The number of ketones is 1. The fourth-order valence-corrected chi connectivity index (χ4v) is 2.63. The summed E-state index contributed by atoms with van der Waals surface area (Å²) >= 11 is 0. The maximum absolute atomic E-state index is 12.4. The summed E-state index contributed by atoms with van der Waals surface area (Å²) in [6.45, 7) is -1.98. The highest BCUT2D eigenvalue weighted by atomic mass is 31.2. The number of phosphoric acid groups is 2. The van der Waals surface area contributed by atoms with Gasteiger partial charge in [0.2, 0.25) is 5.91 Å². The third-order valence-corrected chi connectivity index (χ3v) is 4.32. The molecule has 0 heterocycles. The van der Waals surface area contributed by atoms with E-state index in [0.717, 1.165) is 0 Å². The van der Waals surface area contributed by atoms with Gasteiger partial charge in [-0.1, -0.05) is 0 Å². The van der Waals surface area contributed by atoms with E-state index >= 15 is 0 Å². The van der Waals surface area contributed by atoms with Gasteiger partial charge in [-0.25, -0.2) is 9.13 Å². The SMILES string of the molecule is NC(COP(=O)(O)O)C(=O)NC(CCC(=O)O)C(=O)CC(COP(=O)(O)O)C(=O)O. The number of hydrogen-bond donors (Lipinski definition) is 8. The van der Waals surface area contributed by atoms with Crippen LogP contribution in [-0.4, -0.2) is 78.7 Å². The monoisotopic (exact) mass is 480 g/mol. The number of aliphatic carboxylic acids is 2. The van der Waals surface area contributed by atoms with Gasteiger partial charge < -0.3 is 40.8 Å². The molecule has 0 saturated heterocycles. The molecule has 0 radical (unpaired) electrons. The first-order valence-corrected chi connectivity index (χ1v) is 11.0. The molecule has 18 heteroatoms. The molecule has 0 aromatic carbocycles. The van der Waals surface area contributed by atoms with E-state index in [2.05, 4.69) is 9.05 Å². The highest BCUT2D eigenvalue weighted by Gasteiger charge is 2.31. The smallest absolute Gasteiger partial charge is 0.469 e. The first kappa shape index (κ1) is 28.3. The van der Waals surface area contributed by atoms with Gasteiger partial charge in [-0.15, -0.1) is 0 Å². The minimum atomic E-state index is -5.03. The lowest BCUT2D eigenvalue weighted by molar-refractivity contribution is -0.145. The van der Waals surface area contributed by atoms with Crippen LogP contribution in [0.4, 0.5) is 0 Å². The Morgan fingerprint density at radius 2 is 1.43 bits per heavy atom. The first-order valence-electron chi connectivity index (χ1n) is 7.95. The van der Waals surface area contributed by atoms with E-state index in [4.69, 9.17) is 35.5 Å². The lowest BCUT2D eigenvalue weighted by Gasteiger charge is -2.21. The molecule has 0 aliphatic rings. The van der Waals surface area contributed by atoms with E-state index in [1.54, 1.807) is 0 Å². The number of hydrogen-bond acceptors (Lipinski definition) is 9. The predicted octanol–water partition coefficient (Wildman–Crippen LogP) is -2.46. The highest BCUT2D eigenvalue weighted by Crippen LogP contribution is 2.37. The Bertz CT molecular complexity index is 730. The van der Waals surface area contributed by atoms with Crippen LogP contribution >= 0.6 is 15.6 Å². The van der Waals surface area contributed by atoms with Crippen LogP contribution < -0.4 is 11.1 Å². The van der Waals surface area contributed by atoms with Crippen molar-refractivity contribution in [3.63, 3.8) is 0 Å². The molecule has 3 atom stereocenters. The summed E-state index contributed by atoms with van der Waals surface area (Å²) in [4.78, 5) is 80.7. The quantitative estimate of drug-likeness (QED) is 0.113. The molecule has 1 amide bonds. The Hall–Kier alpha value is -1.74. The summed E-state index contributed by atoms with van der Waals surface area (Å²) in [5, 5.41) is 19.8. The van der Waals surface area contributed by atoms with Crippen molar-refractivity contribution in [2.24, 2.45) is 11.7 Å². The number of nitrogens with one attached hydrogen (secondary N) is 1. The van der Waals surface area contributed by atoms with Crippen LogP contribution in [0.1, 0.15) is 19.3 Å². The third kappa shape index (κ3) is 13.5. The van der Waals surface area contributed by atoms with Crippen LogP contribution in [0.25, 0.3) is 0 Å². The number of Topliss-reactive ketones (excluding diaryl/α,β-unsaturated/α-hetero) is 1. The first-order chi connectivity index (χ1) is 13.5. The van der Waals surface area contributed by atoms with Crippen molar-refractivity contribution in [3.05, 3.63) is 0 Å². The summed E-state index contributed by atoms with van der Waals surface area (Å²) in [6, 6.07) is -3.22. The van der Waals surface area contributed by atoms with Gasteiger partial charge >= 0.3 is 27.6 Å². The standard InChI is InChI=1S/C12H22N2O14P2/c13-7(5-28-30(24,25)26)11(18)14-8(1-2-10(16)17)9(15)3-6(12(19)20)4-27-29(21,22)23/h6-8H,1-5,13H2,(H,14,18)(H,16,17)(H,19,20)(H2,21,22,23)(H2,24,25,26). The fourth-order valence-electron chi connectivity index (χ4n) is 1.90. The number of amides is 1. The van der Waals surface area contributed by atoms with Crippen LogP contribution in [0.3, 0.4) is 0 Å². The lowest BCUT2D eigenvalue weighted by Crippen LogP contribution is -2.50. The van der Waals surface area contributed by atoms with Gasteiger partial charge in [-0.05, 0) is 6.42 Å². The number of carboxylic acid groups (broad SMARTS) is 2. The fraction of sp³-hybridized carbons (Fsp3) is 0.667. The summed E-state index contributed by atoms with van der Waals surface area (Å²) < 4.78 is 29.4. The minimum absolute atomic E-state index is 0.488. The number of carbonyl (C=O) groups excluding carboxylic acids is 2. The van der Waals surface area contributed by atoms with E-state index in [1.807, 2.05) is 5.32 Å². The number of carbonyl (C=O) groups is 4. The van der Waals surface area contributed by atoms with Gasteiger partial charge in [0.15, 0.2) is 5.78 Å². The molecule has 9 N–H and O–H groups in total. The van der Waals surface area contributed by atoms with E-state index < -0.39 is 89.8 Å². The van der Waals surface area contributed by atoms with Crippen LogP contribution in [0.5, 0.6) is 0 Å². The van der Waals surface area contributed by atoms with Crippen LogP contribution in [0.15, 0.2) is 0 Å². The summed E-state index contributed by atoms with van der Waals surface area (Å²) in [5.41, 5.74) is 5.37. The van der Waals surface area contributed by atoms with E-state index in [-0.39, 0.29) is 0 Å². The molecular formula is C12H22N2O14P2. The Kier molecular flexibility index (Phi) is 11.5. The molecule has 3 unspecified atom stereocenters. The van der Waals surface area contributed by atoms with Crippen molar-refractivity contribution >= 4 is 39.3 Å². The Balaban J connectivity index is 5.19. The third-order valence-electron chi connectivity index (χ3n) is 3.35. The largest absolute Gasteiger partial charge is 0.481 e. The van der Waals surface area contributed by atoms with Gasteiger partial charge in [0.1, 0.15) is 6.04 Å². The molecule has 174 valence electrons. The Morgan fingerprint density at radius 3 is 1.87 bits per heavy atom. The zero-order valence-corrected chi connectivity index (χ0v) is 17.0. The lowest BCUT2D eigenvalue weighted by atomic mass is 9.96. The van der Waals surface area contributed by atoms with Crippen LogP contribution in [0, 0.1) is 5.92 Å². The molecule has 0 rings (SSSR count). The molecule has 0 spiro atoms. The maximum atomic E-state index is 12.4. The maximum Gasteiger partial charge on any atom is 0.469 e. The molecule has 30 heavy (non-hydrogen) atoms. The number of nitrogens with two attached hydrogens (primary N) is 1. The second-order valence-corrected chi connectivity index (χ2v) is 8.36. The molecule has 0 fully saturated rings. The molecule has 0 aromatic heterocycles. The molecule has 0 bridgehead atoms. The van der Waals surface area contributed by atoms with Crippen molar-refractivity contribution in [2.75, 3.05) is 13.2 Å². The second kappa shape index (κ2) is 12.2. The van der Waals surface area contributed by atoms with Crippen molar-refractivity contribution in [1.29, 1.82) is 0 Å². The van der Waals surface area contributed by atoms with Crippen molar-refractivity contribution in [3.8, 4) is 0 Å². The number of rotatable bonds is 15. The van der Waals surface area contributed by atoms with Crippen molar-refractivity contribution in [1.82, 2.24) is 5.32 Å². The summed E-state index contributed by atoms with van der Waals surface area (Å²) in [7, 11) is -9.96. The Morgan fingerprint density at radius 1 is 0.933 bits per heavy atom. The summed E-state index contributed by atoms with van der Waals surface area (Å²) in [6.07, 6.45) is -1.99. The molecule has 0 saturated carbocycles. The number of phosphoric ester groups is 2. The summed E-state index contributed by atoms with van der Waals surface area (Å²) in [5.74, 6) is -6.87. The van der Waals surface area contributed by atoms with Gasteiger partial charge in [0.05, 0.1) is 25.2 Å².